The molecule has 2 atom stereocenters. The molecule has 1 amide bonds. The Hall–Kier alpha value is -2.33. The van der Waals surface area contributed by atoms with E-state index in [-0.39, 0.29) is 23.9 Å². The SMILES string of the molecule is O=C(COC(=O)C12C[C@H]3C[C@H](C1)CC(c1ccccc1)(C3)C2)NCc1ccc(Cl)cc1. The van der Waals surface area contributed by atoms with Crippen molar-refractivity contribution in [1.82, 2.24) is 5.32 Å². The second-order valence-corrected chi connectivity index (χ2v) is 10.3. The number of esters is 1. The minimum Gasteiger partial charge on any atom is -0.455 e. The summed E-state index contributed by atoms with van der Waals surface area (Å²) < 4.78 is 5.60. The van der Waals surface area contributed by atoms with Gasteiger partial charge in [-0.25, -0.2) is 0 Å². The maximum Gasteiger partial charge on any atom is 0.312 e. The van der Waals surface area contributed by atoms with Gasteiger partial charge in [-0.05, 0) is 79.0 Å². The smallest absolute Gasteiger partial charge is 0.312 e. The standard InChI is InChI=1S/C26H28ClNO3/c27-22-8-6-18(7-9-22)15-28-23(29)16-31-24(30)26-13-19-10-20(14-26)12-25(11-19,17-26)21-4-2-1-3-5-21/h1-9,19-20H,10-17H2,(H,28,29)/t19-,20-,25?,26?/m0/s1. The summed E-state index contributed by atoms with van der Waals surface area (Å²) in [5.74, 6) is 0.704. The molecular formula is C26H28ClNO3. The first kappa shape index (κ1) is 20.6. The molecule has 6 rings (SSSR count). The van der Waals surface area contributed by atoms with Gasteiger partial charge in [-0.2, -0.15) is 0 Å². The van der Waals surface area contributed by atoms with Gasteiger partial charge >= 0.3 is 5.97 Å². The van der Waals surface area contributed by atoms with Gasteiger partial charge in [0, 0.05) is 11.6 Å². The van der Waals surface area contributed by atoms with Crippen LogP contribution in [0, 0.1) is 17.3 Å². The van der Waals surface area contributed by atoms with Crippen molar-refractivity contribution in [2.24, 2.45) is 17.3 Å². The van der Waals surface area contributed by atoms with Crippen molar-refractivity contribution in [3.05, 3.63) is 70.7 Å². The monoisotopic (exact) mass is 437 g/mol. The summed E-state index contributed by atoms with van der Waals surface area (Å²) in [5, 5.41) is 3.48. The Labute approximate surface area is 188 Å². The third-order valence-corrected chi connectivity index (χ3v) is 7.87. The number of nitrogens with one attached hydrogen (secondary N) is 1. The van der Waals surface area contributed by atoms with Crippen LogP contribution >= 0.6 is 11.6 Å². The maximum absolute atomic E-state index is 13.3. The second kappa shape index (κ2) is 7.98. The van der Waals surface area contributed by atoms with E-state index in [0.29, 0.717) is 23.4 Å². The number of ether oxygens (including phenoxy) is 1. The van der Waals surface area contributed by atoms with E-state index in [9.17, 15) is 9.59 Å². The summed E-state index contributed by atoms with van der Waals surface area (Å²) in [7, 11) is 0. The van der Waals surface area contributed by atoms with Gasteiger partial charge in [-0.3, -0.25) is 9.59 Å². The zero-order chi connectivity index (χ0) is 21.5. The Morgan fingerprint density at radius 1 is 0.968 bits per heavy atom. The Balaban J connectivity index is 1.23. The summed E-state index contributed by atoms with van der Waals surface area (Å²) in [5.41, 5.74) is 1.97. The molecule has 4 aliphatic carbocycles. The lowest BCUT2D eigenvalue weighted by Gasteiger charge is -2.61. The first-order valence-corrected chi connectivity index (χ1v) is 11.6. The molecule has 1 N–H and O–H groups in total. The van der Waals surface area contributed by atoms with E-state index in [2.05, 4.69) is 35.6 Å². The lowest BCUT2D eigenvalue weighted by Crippen LogP contribution is -2.57. The lowest BCUT2D eigenvalue weighted by atomic mass is 9.43. The van der Waals surface area contributed by atoms with Gasteiger partial charge in [0.2, 0.25) is 0 Å². The molecule has 0 heterocycles. The van der Waals surface area contributed by atoms with E-state index in [4.69, 9.17) is 16.3 Å². The van der Waals surface area contributed by atoms with Gasteiger partial charge < -0.3 is 10.1 Å². The van der Waals surface area contributed by atoms with Crippen LogP contribution in [-0.4, -0.2) is 18.5 Å². The molecule has 162 valence electrons. The van der Waals surface area contributed by atoms with Crippen LogP contribution in [0.4, 0.5) is 0 Å². The van der Waals surface area contributed by atoms with Crippen molar-refractivity contribution >= 4 is 23.5 Å². The van der Waals surface area contributed by atoms with Gasteiger partial charge in [0.25, 0.3) is 5.91 Å². The molecule has 4 bridgehead atoms. The highest BCUT2D eigenvalue weighted by Gasteiger charge is 2.61. The predicted molar refractivity (Wildman–Crippen MR) is 119 cm³/mol. The Kier molecular flexibility index (Phi) is 5.29. The third kappa shape index (κ3) is 3.98. The van der Waals surface area contributed by atoms with Crippen LogP contribution in [0.2, 0.25) is 5.02 Å². The summed E-state index contributed by atoms with van der Waals surface area (Å²) in [6.45, 7) is 0.168. The van der Waals surface area contributed by atoms with Crippen LogP contribution in [0.1, 0.15) is 49.7 Å². The van der Waals surface area contributed by atoms with Crippen molar-refractivity contribution in [3.8, 4) is 0 Å². The number of amides is 1. The number of rotatable bonds is 6. The highest BCUT2D eigenvalue weighted by Crippen LogP contribution is 2.66. The predicted octanol–water partition coefficient (Wildman–Crippen LogP) is 5.04. The number of carbonyl (C=O) groups is 2. The quantitative estimate of drug-likeness (QED) is 0.644. The molecular weight excluding hydrogens is 410 g/mol. The average Bonchev–Trinajstić information content (AvgIpc) is 2.77. The molecule has 0 spiro atoms. The van der Waals surface area contributed by atoms with Crippen LogP contribution in [-0.2, 0) is 26.3 Å². The molecule has 4 saturated carbocycles. The molecule has 2 aromatic carbocycles. The largest absolute Gasteiger partial charge is 0.455 e. The van der Waals surface area contributed by atoms with E-state index < -0.39 is 5.41 Å². The third-order valence-electron chi connectivity index (χ3n) is 7.62. The van der Waals surface area contributed by atoms with E-state index in [1.807, 2.05) is 12.1 Å². The van der Waals surface area contributed by atoms with E-state index in [1.165, 1.54) is 24.8 Å². The molecule has 5 heteroatoms. The van der Waals surface area contributed by atoms with Crippen LogP contribution in [0.3, 0.4) is 0 Å². The normalized spacial score (nSPS) is 30.7. The minimum absolute atomic E-state index is 0.0845. The number of benzene rings is 2. The maximum atomic E-state index is 13.3. The molecule has 2 aromatic rings. The van der Waals surface area contributed by atoms with Crippen molar-refractivity contribution in [2.45, 2.75) is 50.5 Å². The summed E-state index contributed by atoms with van der Waals surface area (Å²) in [4.78, 5) is 25.6. The molecule has 0 aliphatic heterocycles. The van der Waals surface area contributed by atoms with Crippen molar-refractivity contribution in [1.29, 1.82) is 0 Å². The van der Waals surface area contributed by atoms with Crippen LogP contribution in [0.5, 0.6) is 0 Å². The Morgan fingerprint density at radius 2 is 1.65 bits per heavy atom. The fourth-order valence-electron chi connectivity index (χ4n) is 6.77. The second-order valence-electron chi connectivity index (χ2n) is 9.87. The molecule has 0 aromatic heterocycles. The van der Waals surface area contributed by atoms with E-state index in [1.54, 1.807) is 12.1 Å². The fourth-order valence-corrected chi connectivity index (χ4v) is 6.89. The molecule has 0 saturated heterocycles. The Bertz CT molecular complexity index is 958. The molecule has 4 nitrogen and oxygen atoms in total. The highest BCUT2D eigenvalue weighted by molar-refractivity contribution is 6.30. The van der Waals surface area contributed by atoms with Crippen LogP contribution < -0.4 is 5.32 Å². The van der Waals surface area contributed by atoms with Gasteiger partial charge in [-0.15, -0.1) is 0 Å². The zero-order valence-electron chi connectivity index (χ0n) is 17.6. The van der Waals surface area contributed by atoms with Crippen LogP contribution in [0.15, 0.2) is 54.6 Å². The Morgan fingerprint density at radius 3 is 2.32 bits per heavy atom. The van der Waals surface area contributed by atoms with Gasteiger partial charge in [0.1, 0.15) is 0 Å². The molecule has 0 unspecified atom stereocenters. The van der Waals surface area contributed by atoms with E-state index >= 15 is 0 Å². The molecule has 31 heavy (non-hydrogen) atoms. The fraction of sp³-hybridized carbons (Fsp3) is 0.462. The zero-order valence-corrected chi connectivity index (χ0v) is 18.4. The van der Waals surface area contributed by atoms with E-state index in [0.717, 1.165) is 24.8 Å². The number of carbonyl (C=O) groups excluding carboxylic acids is 2. The van der Waals surface area contributed by atoms with Gasteiger partial charge in [-0.1, -0.05) is 54.1 Å². The number of halogens is 1. The van der Waals surface area contributed by atoms with Crippen molar-refractivity contribution in [3.63, 3.8) is 0 Å². The summed E-state index contributed by atoms with van der Waals surface area (Å²) in [6, 6.07) is 18.0. The summed E-state index contributed by atoms with van der Waals surface area (Å²) >= 11 is 5.89. The number of hydrogen-bond donors (Lipinski definition) is 1. The molecule has 0 radical (unpaired) electrons. The first-order valence-electron chi connectivity index (χ1n) is 11.2. The lowest BCUT2D eigenvalue weighted by molar-refractivity contribution is -0.175. The van der Waals surface area contributed by atoms with Crippen molar-refractivity contribution in [2.75, 3.05) is 6.61 Å². The average molecular weight is 438 g/mol. The van der Waals surface area contributed by atoms with Crippen LogP contribution in [0.25, 0.3) is 0 Å². The van der Waals surface area contributed by atoms with Gasteiger partial charge in [0.15, 0.2) is 6.61 Å². The van der Waals surface area contributed by atoms with Crippen molar-refractivity contribution < 1.29 is 14.3 Å². The molecule has 4 fully saturated rings. The molecule has 4 aliphatic rings. The minimum atomic E-state index is -0.434. The highest BCUT2D eigenvalue weighted by atomic mass is 35.5. The number of hydrogen-bond acceptors (Lipinski definition) is 3. The van der Waals surface area contributed by atoms with Gasteiger partial charge in [0.05, 0.1) is 5.41 Å². The summed E-state index contributed by atoms with van der Waals surface area (Å²) in [6.07, 6.45) is 6.23. The topological polar surface area (TPSA) is 55.4 Å². The first-order chi connectivity index (χ1) is 15.0.